The minimum atomic E-state index is -0.759. The van der Waals surface area contributed by atoms with Crippen molar-refractivity contribution in [3.8, 4) is 0 Å². The van der Waals surface area contributed by atoms with Gasteiger partial charge in [-0.25, -0.2) is 13.6 Å². The fourth-order valence-electron chi connectivity index (χ4n) is 1.43. The molecule has 1 saturated heterocycles. The smallest absolute Gasteiger partial charge is 0.407 e. The van der Waals surface area contributed by atoms with Gasteiger partial charge in [-0.15, -0.1) is 0 Å². The number of cyclic esters (lactones) is 1. The van der Waals surface area contributed by atoms with E-state index in [0.717, 1.165) is 12.1 Å². The Bertz CT molecular complexity index is 402. The predicted octanol–water partition coefficient (Wildman–Crippen LogP) is 2.51. The van der Waals surface area contributed by atoms with Gasteiger partial charge in [-0.2, -0.15) is 0 Å². The van der Waals surface area contributed by atoms with Crippen LogP contribution in [0.5, 0.6) is 0 Å². The number of hydrogen-bond donors (Lipinski definition) is 1. The van der Waals surface area contributed by atoms with E-state index in [2.05, 4.69) is 26.0 Å². The van der Waals surface area contributed by atoms with Crippen LogP contribution in [0.4, 0.5) is 13.6 Å². The van der Waals surface area contributed by atoms with Crippen LogP contribution in [0.25, 0.3) is 0 Å². The highest BCUT2D eigenvalue weighted by molar-refractivity contribution is 9.10. The summed E-state index contributed by atoms with van der Waals surface area (Å²) in [5.41, 5.74) is -0.177. The summed E-state index contributed by atoms with van der Waals surface area (Å²) >= 11 is 2.97. The lowest BCUT2D eigenvalue weighted by Gasteiger charge is -2.10. The number of carbonyl (C=O) groups is 1. The first-order chi connectivity index (χ1) is 7.08. The molecule has 0 saturated carbocycles. The number of nitrogens with one attached hydrogen (secondary N) is 1. The number of ether oxygens (including phenoxy) is 1. The van der Waals surface area contributed by atoms with Crippen molar-refractivity contribution in [1.82, 2.24) is 5.32 Å². The molecule has 0 aliphatic carbocycles. The summed E-state index contributed by atoms with van der Waals surface area (Å²) in [6.45, 7) is -0.0612. The monoisotopic (exact) mass is 277 g/mol. The first kappa shape index (κ1) is 10.4. The molecule has 1 fully saturated rings. The van der Waals surface area contributed by atoms with Gasteiger partial charge < -0.3 is 10.1 Å². The molecule has 1 aromatic carbocycles. The van der Waals surface area contributed by atoms with Crippen LogP contribution in [0.2, 0.25) is 0 Å². The quantitative estimate of drug-likeness (QED) is 0.857. The Kier molecular flexibility index (Phi) is 2.60. The molecule has 6 heteroatoms. The van der Waals surface area contributed by atoms with Crippen LogP contribution < -0.4 is 5.32 Å². The van der Waals surface area contributed by atoms with Gasteiger partial charge in [0.15, 0.2) is 0 Å². The maximum Gasteiger partial charge on any atom is 0.407 e. The lowest BCUT2D eigenvalue weighted by Crippen LogP contribution is -2.20. The number of benzene rings is 1. The molecule has 1 heterocycles. The van der Waals surface area contributed by atoms with E-state index >= 15 is 0 Å². The van der Waals surface area contributed by atoms with E-state index in [4.69, 9.17) is 0 Å². The molecule has 1 amide bonds. The summed E-state index contributed by atoms with van der Waals surface area (Å²) in [6, 6.07) is 1.52. The summed E-state index contributed by atoms with van der Waals surface area (Å²) in [5, 5.41) is 2.31. The minimum absolute atomic E-state index is 0.0612. The van der Waals surface area contributed by atoms with Gasteiger partial charge in [0, 0.05) is 10.0 Å². The standard InChI is InChI=1S/C9H6BrF2NO2/c10-4-1-5(11)8(6(12)2-4)7-3-15-9(14)13-7/h1-2,7H,3H2,(H,13,14)/t7-/m0/s1. The molecule has 15 heavy (non-hydrogen) atoms. The van der Waals surface area contributed by atoms with Crippen LogP contribution >= 0.6 is 15.9 Å². The molecular weight excluding hydrogens is 272 g/mol. The maximum atomic E-state index is 13.4. The Morgan fingerprint density at radius 1 is 1.40 bits per heavy atom. The van der Waals surface area contributed by atoms with E-state index in [1.807, 2.05) is 0 Å². The fourth-order valence-corrected chi connectivity index (χ4v) is 1.83. The number of alkyl carbamates (subject to hydrolysis) is 1. The summed E-state index contributed by atoms with van der Waals surface area (Å²) < 4.78 is 31.7. The molecule has 80 valence electrons. The largest absolute Gasteiger partial charge is 0.447 e. The molecule has 0 bridgehead atoms. The average molecular weight is 278 g/mol. The van der Waals surface area contributed by atoms with Crippen LogP contribution in [-0.4, -0.2) is 12.7 Å². The van der Waals surface area contributed by atoms with Crippen molar-refractivity contribution >= 4 is 22.0 Å². The second-order valence-electron chi connectivity index (χ2n) is 3.08. The molecule has 1 aliphatic rings. The maximum absolute atomic E-state index is 13.4. The van der Waals surface area contributed by atoms with Gasteiger partial charge in [0.25, 0.3) is 0 Å². The van der Waals surface area contributed by atoms with Gasteiger partial charge >= 0.3 is 6.09 Å². The Hall–Kier alpha value is -1.17. The van der Waals surface area contributed by atoms with Crippen molar-refractivity contribution in [2.24, 2.45) is 0 Å². The van der Waals surface area contributed by atoms with E-state index < -0.39 is 23.8 Å². The Morgan fingerprint density at radius 2 is 2.00 bits per heavy atom. The third-order valence-electron chi connectivity index (χ3n) is 2.07. The van der Waals surface area contributed by atoms with Crippen LogP contribution in [0.1, 0.15) is 11.6 Å². The highest BCUT2D eigenvalue weighted by Gasteiger charge is 2.29. The molecule has 1 N–H and O–H groups in total. The van der Waals surface area contributed by atoms with Crippen molar-refractivity contribution in [1.29, 1.82) is 0 Å². The predicted molar refractivity (Wildman–Crippen MR) is 51.3 cm³/mol. The van der Waals surface area contributed by atoms with Crippen LogP contribution in [0.15, 0.2) is 16.6 Å². The van der Waals surface area contributed by atoms with E-state index in [-0.39, 0.29) is 12.2 Å². The summed E-state index contributed by atoms with van der Waals surface area (Å²) in [5.74, 6) is -1.42. The molecule has 2 rings (SSSR count). The number of carbonyl (C=O) groups excluding carboxylic acids is 1. The molecule has 3 nitrogen and oxygen atoms in total. The van der Waals surface area contributed by atoms with Crippen molar-refractivity contribution in [3.63, 3.8) is 0 Å². The fraction of sp³-hybridized carbons (Fsp3) is 0.222. The topological polar surface area (TPSA) is 38.3 Å². The molecule has 1 aliphatic heterocycles. The van der Waals surface area contributed by atoms with Gasteiger partial charge in [0.2, 0.25) is 0 Å². The molecule has 0 spiro atoms. The van der Waals surface area contributed by atoms with Crippen LogP contribution in [-0.2, 0) is 4.74 Å². The highest BCUT2D eigenvalue weighted by Crippen LogP contribution is 2.27. The molecule has 1 atom stereocenters. The number of amides is 1. The zero-order valence-corrected chi connectivity index (χ0v) is 8.98. The number of hydrogen-bond acceptors (Lipinski definition) is 2. The lowest BCUT2D eigenvalue weighted by atomic mass is 10.1. The molecule has 1 aromatic rings. The Morgan fingerprint density at radius 3 is 2.47 bits per heavy atom. The van der Waals surface area contributed by atoms with Crippen molar-refractivity contribution < 1.29 is 18.3 Å². The van der Waals surface area contributed by atoms with Crippen LogP contribution in [0, 0.1) is 11.6 Å². The van der Waals surface area contributed by atoms with Gasteiger partial charge in [0.05, 0.1) is 6.04 Å². The van der Waals surface area contributed by atoms with Gasteiger partial charge in [-0.3, -0.25) is 0 Å². The lowest BCUT2D eigenvalue weighted by molar-refractivity contribution is 0.176. The molecule has 0 radical (unpaired) electrons. The van der Waals surface area contributed by atoms with Crippen LogP contribution in [0.3, 0.4) is 0 Å². The summed E-state index contributed by atoms with van der Waals surface area (Å²) in [6.07, 6.45) is -0.665. The van der Waals surface area contributed by atoms with Crippen molar-refractivity contribution in [2.45, 2.75) is 6.04 Å². The molecular formula is C9H6BrF2NO2. The van der Waals surface area contributed by atoms with Gasteiger partial charge in [0.1, 0.15) is 18.2 Å². The number of rotatable bonds is 1. The first-order valence-corrected chi connectivity index (χ1v) is 4.95. The van der Waals surface area contributed by atoms with Crippen molar-refractivity contribution in [2.75, 3.05) is 6.61 Å². The Balaban J connectivity index is 2.39. The van der Waals surface area contributed by atoms with E-state index in [1.54, 1.807) is 0 Å². The zero-order valence-electron chi connectivity index (χ0n) is 7.39. The van der Waals surface area contributed by atoms with E-state index in [9.17, 15) is 13.6 Å². The minimum Gasteiger partial charge on any atom is -0.447 e. The molecule has 0 unspecified atom stereocenters. The second-order valence-corrected chi connectivity index (χ2v) is 3.99. The van der Waals surface area contributed by atoms with Crippen molar-refractivity contribution in [3.05, 3.63) is 33.8 Å². The van der Waals surface area contributed by atoms with E-state index in [0.29, 0.717) is 4.47 Å². The third kappa shape index (κ3) is 1.94. The average Bonchev–Trinajstić information content (AvgIpc) is 2.49. The second kappa shape index (κ2) is 3.77. The Labute approximate surface area is 92.5 Å². The molecule has 0 aromatic heterocycles. The summed E-state index contributed by atoms with van der Waals surface area (Å²) in [7, 11) is 0. The normalized spacial score (nSPS) is 19.9. The van der Waals surface area contributed by atoms with Gasteiger partial charge in [-0.1, -0.05) is 15.9 Å². The number of halogens is 3. The first-order valence-electron chi connectivity index (χ1n) is 4.15. The SMILES string of the molecule is O=C1N[C@H](c2c(F)cc(Br)cc2F)CO1. The van der Waals surface area contributed by atoms with E-state index in [1.165, 1.54) is 0 Å². The van der Waals surface area contributed by atoms with Gasteiger partial charge in [-0.05, 0) is 12.1 Å². The highest BCUT2D eigenvalue weighted by atomic mass is 79.9. The third-order valence-corrected chi connectivity index (χ3v) is 2.52. The summed E-state index contributed by atoms with van der Waals surface area (Å²) in [4.78, 5) is 10.7. The zero-order chi connectivity index (χ0) is 11.0.